The number of ketones is 1. The molecule has 1 N–H and O–H groups in total. The van der Waals surface area contributed by atoms with E-state index in [1.807, 2.05) is 52.8 Å². The van der Waals surface area contributed by atoms with E-state index in [-0.39, 0.29) is 11.3 Å². The number of aliphatic hydroxyl groups excluding tert-OH is 1. The first kappa shape index (κ1) is 28.1. The Morgan fingerprint density at radius 1 is 1.00 bits per heavy atom. The maximum absolute atomic E-state index is 13.3. The zero-order valence-electron chi connectivity index (χ0n) is 22.6. The minimum absolute atomic E-state index is 0.0383. The highest BCUT2D eigenvalue weighted by Gasteiger charge is 2.46. The summed E-state index contributed by atoms with van der Waals surface area (Å²) in [6, 6.07) is 11.5. The summed E-state index contributed by atoms with van der Waals surface area (Å²) in [5, 5.41) is 11.4. The van der Waals surface area contributed by atoms with Crippen LogP contribution < -0.4 is 14.2 Å². The number of carbonyl (C=O) groups is 2. The number of carbonyl (C=O) groups excluding carboxylic acids is 2. The lowest BCUT2D eigenvalue weighted by molar-refractivity contribution is -0.140. The van der Waals surface area contributed by atoms with E-state index >= 15 is 0 Å². The number of nitrogens with zero attached hydrogens (tertiary/aromatic N) is 2. The molecule has 1 heterocycles. The normalized spacial score (nSPS) is 17.1. The van der Waals surface area contributed by atoms with Crippen molar-refractivity contribution in [3.8, 4) is 17.2 Å². The van der Waals surface area contributed by atoms with Crippen LogP contribution in [0.25, 0.3) is 5.76 Å². The van der Waals surface area contributed by atoms with Gasteiger partial charge in [0.2, 0.25) is 0 Å². The molecule has 1 unspecified atom stereocenters. The van der Waals surface area contributed by atoms with Gasteiger partial charge in [-0.15, -0.1) is 0 Å². The molecule has 1 aliphatic rings. The molecule has 0 saturated carbocycles. The largest absolute Gasteiger partial charge is 0.507 e. The van der Waals surface area contributed by atoms with Gasteiger partial charge in [0.25, 0.3) is 11.7 Å². The van der Waals surface area contributed by atoms with E-state index in [0.717, 1.165) is 0 Å². The van der Waals surface area contributed by atoms with Crippen molar-refractivity contribution in [2.24, 2.45) is 5.92 Å². The Morgan fingerprint density at radius 3 is 2.35 bits per heavy atom. The highest BCUT2D eigenvalue weighted by molar-refractivity contribution is 6.46. The first-order chi connectivity index (χ1) is 17.7. The summed E-state index contributed by atoms with van der Waals surface area (Å²) in [6.45, 7) is 10.1. The fourth-order valence-corrected chi connectivity index (χ4v) is 4.15. The van der Waals surface area contributed by atoms with Crippen LogP contribution in [-0.2, 0) is 9.59 Å². The van der Waals surface area contributed by atoms with Gasteiger partial charge in [-0.25, -0.2) is 0 Å². The third kappa shape index (κ3) is 6.63. The van der Waals surface area contributed by atoms with Gasteiger partial charge < -0.3 is 29.1 Å². The van der Waals surface area contributed by atoms with Crippen molar-refractivity contribution in [2.45, 2.75) is 33.7 Å². The molecule has 1 aliphatic heterocycles. The van der Waals surface area contributed by atoms with Crippen molar-refractivity contribution in [2.75, 3.05) is 47.0 Å². The lowest BCUT2D eigenvalue weighted by atomic mass is 9.95. The van der Waals surface area contributed by atoms with Crippen molar-refractivity contribution in [3.05, 3.63) is 59.2 Å². The number of hydrogen-bond acceptors (Lipinski definition) is 7. The second kappa shape index (κ2) is 12.6. The van der Waals surface area contributed by atoms with Crippen LogP contribution >= 0.6 is 0 Å². The second-order valence-electron chi connectivity index (χ2n) is 9.60. The topological polar surface area (TPSA) is 88.5 Å². The SMILES string of the molecule is CCOc1ccc(C2/C(=C(/O)c3cccc(OCC(C)C)c3)C(=O)C(=O)N2CCN(C)C)cc1OCC. The van der Waals surface area contributed by atoms with E-state index in [1.165, 1.54) is 4.90 Å². The Hall–Kier alpha value is -3.52. The lowest BCUT2D eigenvalue weighted by Crippen LogP contribution is -2.35. The number of benzene rings is 2. The van der Waals surface area contributed by atoms with E-state index in [0.29, 0.717) is 67.2 Å². The van der Waals surface area contributed by atoms with Crippen LogP contribution in [0, 0.1) is 5.92 Å². The highest BCUT2D eigenvalue weighted by Crippen LogP contribution is 2.42. The molecule has 2 aromatic carbocycles. The number of likely N-dealkylation sites (N-methyl/N-ethyl adjacent to an activating group) is 1. The Bertz CT molecular complexity index is 1140. The van der Waals surface area contributed by atoms with Gasteiger partial charge in [-0.05, 0) is 63.7 Å². The minimum atomic E-state index is -0.782. The number of likely N-dealkylation sites (tertiary alicyclic amines) is 1. The molecule has 0 bridgehead atoms. The average molecular weight is 511 g/mol. The molecule has 1 saturated heterocycles. The third-order valence-electron chi connectivity index (χ3n) is 5.90. The zero-order chi connectivity index (χ0) is 27.1. The van der Waals surface area contributed by atoms with Crippen LogP contribution in [0.15, 0.2) is 48.0 Å². The molecule has 8 nitrogen and oxygen atoms in total. The van der Waals surface area contributed by atoms with Crippen LogP contribution in [0.2, 0.25) is 0 Å². The van der Waals surface area contributed by atoms with E-state index in [1.54, 1.807) is 36.4 Å². The second-order valence-corrected chi connectivity index (χ2v) is 9.60. The number of ether oxygens (including phenoxy) is 3. The van der Waals surface area contributed by atoms with Crippen LogP contribution in [-0.4, -0.2) is 73.6 Å². The molecule has 0 aliphatic carbocycles. The van der Waals surface area contributed by atoms with Gasteiger partial charge >= 0.3 is 0 Å². The molecule has 1 fully saturated rings. The molecule has 1 atom stereocenters. The molecular weight excluding hydrogens is 472 g/mol. The number of aliphatic hydroxyl groups is 1. The summed E-state index contributed by atoms with van der Waals surface area (Å²) in [5.74, 6) is 0.401. The summed E-state index contributed by atoms with van der Waals surface area (Å²) in [4.78, 5) is 30.0. The van der Waals surface area contributed by atoms with Crippen LogP contribution in [0.4, 0.5) is 0 Å². The smallest absolute Gasteiger partial charge is 0.295 e. The number of Topliss-reactive ketones (excluding diaryl/α,β-unsaturated/α-hetero) is 1. The molecule has 37 heavy (non-hydrogen) atoms. The number of hydrogen-bond donors (Lipinski definition) is 1. The summed E-state index contributed by atoms with van der Waals surface area (Å²) < 4.78 is 17.3. The minimum Gasteiger partial charge on any atom is -0.507 e. The van der Waals surface area contributed by atoms with Gasteiger partial charge in [0, 0.05) is 18.7 Å². The summed E-state index contributed by atoms with van der Waals surface area (Å²) in [5.41, 5.74) is 1.10. The predicted octanol–water partition coefficient (Wildman–Crippen LogP) is 4.50. The fourth-order valence-electron chi connectivity index (χ4n) is 4.15. The lowest BCUT2D eigenvalue weighted by Gasteiger charge is -2.27. The molecule has 0 spiro atoms. The van der Waals surface area contributed by atoms with Crippen molar-refractivity contribution >= 4 is 17.4 Å². The molecule has 2 aromatic rings. The Balaban J connectivity index is 2.14. The maximum Gasteiger partial charge on any atom is 0.295 e. The van der Waals surface area contributed by atoms with E-state index < -0.39 is 17.7 Å². The standard InChI is InChI=1S/C29H38N2O6/c1-7-35-23-13-12-20(17-24(23)36-8-2)26-25(28(33)29(34)31(26)15-14-30(5)6)27(32)21-10-9-11-22(16-21)37-18-19(3)4/h9-13,16-17,19,26,32H,7-8,14-15,18H2,1-6H3/b27-25-. The summed E-state index contributed by atoms with van der Waals surface area (Å²) >= 11 is 0. The molecule has 3 rings (SSSR count). The van der Waals surface area contributed by atoms with Gasteiger partial charge in [-0.1, -0.05) is 32.0 Å². The van der Waals surface area contributed by atoms with E-state index in [2.05, 4.69) is 0 Å². The van der Waals surface area contributed by atoms with Gasteiger partial charge in [-0.3, -0.25) is 9.59 Å². The van der Waals surface area contributed by atoms with Crippen molar-refractivity contribution in [3.63, 3.8) is 0 Å². The Morgan fingerprint density at radius 2 is 1.70 bits per heavy atom. The third-order valence-corrected chi connectivity index (χ3v) is 5.90. The first-order valence-electron chi connectivity index (χ1n) is 12.7. The molecule has 1 amide bonds. The van der Waals surface area contributed by atoms with Crippen molar-refractivity contribution < 1.29 is 28.9 Å². The van der Waals surface area contributed by atoms with Gasteiger partial charge in [0.05, 0.1) is 31.4 Å². The molecule has 0 aromatic heterocycles. The van der Waals surface area contributed by atoms with Gasteiger partial charge in [0.15, 0.2) is 11.5 Å². The Kier molecular flexibility index (Phi) is 9.58. The quantitative estimate of drug-likeness (QED) is 0.255. The summed E-state index contributed by atoms with van der Waals surface area (Å²) in [6.07, 6.45) is 0. The molecule has 8 heteroatoms. The highest BCUT2D eigenvalue weighted by atomic mass is 16.5. The Labute approximate surface area is 219 Å². The van der Waals surface area contributed by atoms with Crippen LogP contribution in [0.5, 0.6) is 17.2 Å². The number of amides is 1. The average Bonchev–Trinajstić information content (AvgIpc) is 3.12. The van der Waals surface area contributed by atoms with Gasteiger partial charge in [0.1, 0.15) is 11.5 Å². The van der Waals surface area contributed by atoms with E-state index in [4.69, 9.17) is 14.2 Å². The molecule has 0 radical (unpaired) electrons. The first-order valence-corrected chi connectivity index (χ1v) is 12.7. The monoisotopic (exact) mass is 510 g/mol. The van der Waals surface area contributed by atoms with Crippen molar-refractivity contribution in [1.29, 1.82) is 0 Å². The fraction of sp³-hybridized carbons (Fsp3) is 0.448. The van der Waals surface area contributed by atoms with Crippen LogP contribution in [0.3, 0.4) is 0 Å². The van der Waals surface area contributed by atoms with Gasteiger partial charge in [-0.2, -0.15) is 0 Å². The molecular formula is C29H38N2O6. The number of rotatable bonds is 12. The van der Waals surface area contributed by atoms with Crippen molar-refractivity contribution in [1.82, 2.24) is 9.80 Å². The zero-order valence-corrected chi connectivity index (χ0v) is 22.6. The molecule has 200 valence electrons. The van der Waals surface area contributed by atoms with E-state index in [9.17, 15) is 14.7 Å². The predicted molar refractivity (Wildman–Crippen MR) is 143 cm³/mol. The van der Waals surface area contributed by atoms with Crippen LogP contribution in [0.1, 0.15) is 44.9 Å². The summed E-state index contributed by atoms with van der Waals surface area (Å²) in [7, 11) is 3.80. The maximum atomic E-state index is 13.3.